The molecule has 100 valence electrons. The van der Waals surface area contributed by atoms with E-state index in [-0.39, 0.29) is 5.91 Å². The topological polar surface area (TPSA) is 58.4 Å². The van der Waals surface area contributed by atoms with Gasteiger partial charge in [-0.15, -0.1) is 0 Å². The number of carbonyl (C=O) groups excluding carboxylic acids is 1. The smallest absolute Gasteiger partial charge is 0.256 e. The summed E-state index contributed by atoms with van der Waals surface area (Å²) in [6.07, 6.45) is 1.07. The number of hydrogen-bond acceptors (Lipinski definition) is 3. The highest BCUT2D eigenvalue weighted by Gasteiger charge is 2.18. The summed E-state index contributed by atoms with van der Waals surface area (Å²) in [5, 5.41) is 0. The minimum absolute atomic E-state index is 0.0337. The summed E-state index contributed by atoms with van der Waals surface area (Å²) in [4.78, 5) is 14.3. The van der Waals surface area contributed by atoms with Crippen LogP contribution in [0.2, 0.25) is 0 Å². The maximum absolute atomic E-state index is 12.4. The van der Waals surface area contributed by atoms with Crippen molar-refractivity contribution in [2.45, 2.75) is 27.2 Å². The van der Waals surface area contributed by atoms with E-state index in [2.05, 4.69) is 19.3 Å². The SMILES string of the molecule is CCC(C)CN(CC)C(=O)c1ccccc1NN. The van der Waals surface area contributed by atoms with E-state index in [0.29, 0.717) is 23.7 Å². The highest BCUT2D eigenvalue weighted by molar-refractivity contribution is 5.99. The first-order valence-electron chi connectivity index (χ1n) is 6.48. The quantitative estimate of drug-likeness (QED) is 0.601. The Balaban J connectivity index is 2.89. The second-order valence-electron chi connectivity index (χ2n) is 4.55. The molecule has 0 aliphatic carbocycles. The Hall–Kier alpha value is -1.55. The third kappa shape index (κ3) is 3.47. The number of nitrogens with zero attached hydrogens (tertiary/aromatic N) is 1. The lowest BCUT2D eigenvalue weighted by Crippen LogP contribution is -2.35. The average Bonchev–Trinajstić information content (AvgIpc) is 2.43. The van der Waals surface area contributed by atoms with Crippen LogP contribution in [0.1, 0.15) is 37.6 Å². The fourth-order valence-corrected chi connectivity index (χ4v) is 1.83. The Morgan fingerprint density at radius 2 is 2.06 bits per heavy atom. The number of nitrogens with two attached hydrogens (primary N) is 1. The molecule has 1 atom stereocenters. The first-order chi connectivity index (χ1) is 8.63. The van der Waals surface area contributed by atoms with Crippen molar-refractivity contribution in [2.24, 2.45) is 11.8 Å². The molecule has 4 nitrogen and oxygen atoms in total. The summed E-state index contributed by atoms with van der Waals surface area (Å²) in [6.45, 7) is 7.78. The molecule has 0 radical (unpaired) electrons. The monoisotopic (exact) mass is 249 g/mol. The molecule has 0 heterocycles. The zero-order valence-electron chi connectivity index (χ0n) is 11.4. The predicted molar refractivity (Wildman–Crippen MR) is 75.3 cm³/mol. The number of carbonyl (C=O) groups is 1. The second kappa shape index (κ2) is 7.01. The van der Waals surface area contributed by atoms with Crippen LogP contribution < -0.4 is 11.3 Å². The lowest BCUT2D eigenvalue weighted by Gasteiger charge is -2.25. The van der Waals surface area contributed by atoms with Crippen molar-refractivity contribution in [1.82, 2.24) is 4.90 Å². The molecule has 0 saturated carbocycles. The van der Waals surface area contributed by atoms with Gasteiger partial charge < -0.3 is 10.3 Å². The van der Waals surface area contributed by atoms with E-state index >= 15 is 0 Å². The van der Waals surface area contributed by atoms with Crippen LogP contribution >= 0.6 is 0 Å². The Bertz CT molecular complexity index is 392. The van der Waals surface area contributed by atoms with Crippen molar-refractivity contribution >= 4 is 11.6 Å². The molecule has 0 spiro atoms. The highest BCUT2D eigenvalue weighted by Crippen LogP contribution is 2.17. The van der Waals surface area contributed by atoms with Crippen molar-refractivity contribution < 1.29 is 4.79 Å². The molecule has 1 unspecified atom stereocenters. The summed E-state index contributed by atoms with van der Waals surface area (Å²) >= 11 is 0. The van der Waals surface area contributed by atoms with E-state index in [0.717, 1.165) is 13.0 Å². The molecule has 0 aliphatic heterocycles. The molecular weight excluding hydrogens is 226 g/mol. The van der Waals surface area contributed by atoms with Gasteiger partial charge in [0.1, 0.15) is 0 Å². The van der Waals surface area contributed by atoms with Crippen LogP contribution in [0.3, 0.4) is 0 Å². The number of hydrazine groups is 1. The van der Waals surface area contributed by atoms with Gasteiger partial charge in [-0.2, -0.15) is 0 Å². The van der Waals surface area contributed by atoms with E-state index in [1.54, 1.807) is 6.07 Å². The first kappa shape index (κ1) is 14.5. The number of rotatable bonds is 6. The van der Waals surface area contributed by atoms with Crippen molar-refractivity contribution in [2.75, 3.05) is 18.5 Å². The van der Waals surface area contributed by atoms with Gasteiger partial charge in [0.15, 0.2) is 0 Å². The van der Waals surface area contributed by atoms with Gasteiger partial charge in [0.05, 0.1) is 11.3 Å². The Labute approximate surface area is 109 Å². The zero-order chi connectivity index (χ0) is 13.5. The predicted octanol–water partition coefficient (Wildman–Crippen LogP) is 2.48. The number of nitrogen functional groups attached to an aromatic ring is 1. The fraction of sp³-hybridized carbons (Fsp3) is 0.500. The second-order valence-corrected chi connectivity index (χ2v) is 4.55. The molecule has 0 aliphatic rings. The van der Waals surface area contributed by atoms with Crippen molar-refractivity contribution in [3.05, 3.63) is 29.8 Å². The molecule has 1 aromatic carbocycles. The van der Waals surface area contributed by atoms with E-state index in [9.17, 15) is 4.79 Å². The molecule has 3 N–H and O–H groups in total. The Morgan fingerprint density at radius 3 is 2.61 bits per heavy atom. The van der Waals surface area contributed by atoms with Crippen molar-refractivity contribution in [3.8, 4) is 0 Å². The summed E-state index contributed by atoms with van der Waals surface area (Å²) in [6, 6.07) is 7.32. The van der Waals surface area contributed by atoms with E-state index in [4.69, 9.17) is 5.84 Å². The molecule has 0 aromatic heterocycles. The normalized spacial score (nSPS) is 12.0. The molecule has 1 amide bonds. The molecule has 18 heavy (non-hydrogen) atoms. The van der Waals surface area contributed by atoms with Crippen LogP contribution in [-0.2, 0) is 0 Å². The van der Waals surface area contributed by atoms with Crippen LogP contribution in [0.25, 0.3) is 0 Å². The lowest BCUT2D eigenvalue weighted by atomic mass is 10.1. The minimum atomic E-state index is 0.0337. The van der Waals surface area contributed by atoms with Gasteiger partial charge in [-0.05, 0) is 25.0 Å². The van der Waals surface area contributed by atoms with Crippen LogP contribution in [0, 0.1) is 5.92 Å². The van der Waals surface area contributed by atoms with Crippen molar-refractivity contribution in [1.29, 1.82) is 0 Å². The van der Waals surface area contributed by atoms with E-state index < -0.39 is 0 Å². The lowest BCUT2D eigenvalue weighted by molar-refractivity contribution is 0.0742. The van der Waals surface area contributed by atoms with Gasteiger partial charge in [0.25, 0.3) is 5.91 Å². The molecule has 0 bridgehead atoms. The highest BCUT2D eigenvalue weighted by atomic mass is 16.2. The van der Waals surface area contributed by atoms with Gasteiger partial charge >= 0.3 is 0 Å². The number of nitrogens with one attached hydrogen (secondary N) is 1. The molecule has 1 rings (SSSR count). The fourth-order valence-electron chi connectivity index (χ4n) is 1.83. The maximum Gasteiger partial charge on any atom is 0.256 e. The minimum Gasteiger partial charge on any atom is -0.339 e. The third-order valence-electron chi connectivity index (χ3n) is 3.21. The average molecular weight is 249 g/mol. The molecule has 0 saturated heterocycles. The molecular formula is C14H23N3O. The van der Waals surface area contributed by atoms with Crippen molar-refractivity contribution in [3.63, 3.8) is 0 Å². The summed E-state index contributed by atoms with van der Waals surface area (Å²) in [5.74, 6) is 5.98. The summed E-state index contributed by atoms with van der Waals surface area (Å²) < 4.78 is 0. The Morgan fingerprint density at radius 1 is 1.39 bits per heavy atom. The standard InChI is InChI=1S/C14H23N3O/c1-4-11(3)10-17(5-2)14(18)12-8-6-7-9-13(12)16-15/h6-9,11,16H,4-5,10,15H2,1-3H3. The van der Waals surface area contributed by atoms with Gasteiger partial charge in [-0.1, -0.05) is 32.4 Å². The molecule has 4 heteroatoms. The van der Waals surface area contributed by atoms with E-state index in [1.807, 2.05) is 30.0 Å². The zero-order valence-corrected chi connectivity index (χ0v) is 11.4. The summed E-state index contributed by atoms with van der Waals surface area (Å²) in [5.41, 5.74) is 3.88. The third-order valence-corrected chi connectivity index (χ3v) is 3.21. The van der Waals surface area contributed by atoms with Gasteiger partial charge in [0, 0.05) is 13.1 Å². The number of anilines is 1. The van der Waals surface area contributed by atoms with E-state index in [1.165, 1.54) is 0 Å². The molecule has 0 fully saturated rings. The largest absolute Gasteiger partial charge is 0.339 e. The van der Waals surface area contributed by atoms with Gasteiger partial charge in [-0.3, -0.25) is 10.6 Å². The van der Waals surface area contributed by atoms with Gasteiger partial charge in [-0.25, -0.2) is 0 Å². The number of hydrogen-bond donors (Lipinski definition) is 2. The number of para-hydroxylation sites is 1. The summed E-state index contributed by atoms with van der Waals surface area (Å²) in [7, 11) is 0. The number of benzene rings is 1. The van der Waals surface area contributed by atoms with Gasteiger partial charge in [0.2, 0.25) is 0 Å². The van der Waals surface area contributed by atoms with Crippen LogP contribution in [0.15, 0.2) is 24.3 Å². The maximum atomic E-state index is 12.4. The Kier molecular flexibility index (Phi) is 5.65. The first-order valence-corrected chi connectivity index (χ1v) is 6.48. The number of amides is 1. The van der Waals surface area contributed by atoms with Crippen LogP contribution in [-0.4, -0.2) is 23.9 Å². The van der Waals surface area contributed by atoms with Crippen LogP contribution in [0.5, 0.6) is 0 Å². The molecule has 1 aromatic rings. The van der Waals surface area contributed by atoms with Crippen LogP contribution in [0.4, 0.5) is 5.69 Å².